The molecule has 1 heterocycles. The van der Waals surface area contributed by atoms with Crippen LogP contribution < -0.4 is 4.90 Å². The minimum atomic E-state index is -0.0904. The van der Waals surface area contributed by atoms with Gasteiger partial charge >= 0.3 is 0 Å². The lowest BCUT2D eigenvalue weighted by Crippen LogP contribution is -2.45. The third-order valence-electron chi connectivity index (χ3n) is 3.53. The Morgan fingerprint density at radius 1 is 1.39 bits per heavy atom. The number of benzene rings is 1. The SMILES string of the molecule is CC(C)C(=O)N1c2ccccc2[C@H](C=O)C[C@@H]1C. The first kappa shape index (κ1) is 12.8. The highest BCUT2D eigenvalue weighted by atomic mass is 16.2. The molecule has 1 aromatic rings. The van der Waals surface area contributed by atoms with Crippen LogP contribution >= 0.6 is 0 Å². The van der Waals surface area contributed by atoms with Gasteiger partial charge in [0.2, 0.25) is 5.91 Å². The van der Waals surface area contributed by atoms with Crippen LogP contribution in [0.4, 0.5) is 5.69 Å². The Kier molecular flexibility index (Phi) is 3.50. The summed E-state index contributed by atoms with van der Waals surface area (Å²) in [4.78, 5) is 25.3. The topological polar surface area (TPSA) is 37.4 Å². The number of fused-ring (bicyclic) bond motifs is 1. The van der Waals surface area contributed by atoms with Gasteiger partial charge in [0, 0.05) is 23.6 Å². The maximum atomic E-state index is 12.3. The Hall–Kier alpha value is -1.64. The summed E-state index contributed by atoms with van der Waals surface area (Å²) in [6.07, 6.45) is 1.70. The summed E-state index contributed by atoms with van der Waals surface area (Å²) in [5.41, 5.74) is 1.87. The van der Waals surface area contributed by atoms with Crippen molar-refractivity contribution in [2.75, 3.05) is 4.90 Å². The molecule has 0 fully saturated rings. The molecule has 0 saturated heterocycles. The maximum Gasteiger partial charge on any atom is 0.229 e. The molecule has 0 unspecified atom stereocenters. The number of amides is 1. The van der Waals surface area contributed by atoms with Gasteiger partial charge in [-0.05, 0) is 25.0 Å². The first-order valence-corrected chi connectivity index (χ1v) is 6.43. The van der Waals surface area contributed by atoms with Gasteiger partial charge in [0.1, 0.15) is 6.29 Å². The van der Waals surface area contributed by atoms with E-state index in [1.54, 1.807) is 0 Å². The molecule has 3 nitrogen and oxygen atoms in total. The minimum absolute atomic E-state index is 0.0340. The largest absolute Gasteiger partial charge is 0.309 e. The predicted molar refractivity (Wildman–Crippen MR) is 71.7 cm³/mol. The standard InChI is InChI=1S/C15H19NO2/c1-10(2)15(18)16-11(3)8-12(9-17)13-6-4-5-7-14(13)16/h4-7,9-12H,8H2,1-3H3/t11-,12-/m0/s1. The van der Waals surface area contributed by atoms with Gasteiger partial charge in [0.05, 0.1) is 0 Å². The molecule has 1 amide bonds. The molecule has 2 rings (SSSR count). The molecule has 0 radical (unpaired) electrons. The molecular formula is C15H19NO2. The first-order chi connectivity index (χ1) is 8.56. The Bertz CT molecular complexity index is 467. The van der Waals surface area contributed by atoms with Crippen molar-refractivity contribution in [3.63, 3.8) is 0 Å². The summed E-state index contributed by atoms with van der Waals surface area (Å²) in [7, 11) is 0. The molecule has 2 atom stereocenters. The zero-order valence-corrected chi connectivity index (χ0v) is 11.1. The molecule has 1 aliphatic heterocycles. The summed E-state index contributed by atoms with van der Waals surface area (Å²) in [6.45, 7) is 5.82. The van der Waals surface area contributed by atoms with Gasteiger partial charge in [0.15, 0.2) is 0 Å². The number of para-hydroxylation sites is 1. The average molecular weight is 245 g/mol. The second-order valence-electron chi connectivity index (χ2n) is 5.25. The van der Waals surface area contributed by atoms with Crippen molar-refractivity contribution < 1.29 is 9.59 Å². The van der Waals surface area contributed by atoms with Crippen molar-refractivity contribution >= 4 is 17.9 Å². The molecule has 0 aromatic heterocycles. The first-order valence-electron chi connectivity index (χ1n) is 6.43. The minimum Gasteiger partial charge on any atom is -0.309 e. The third-order valence-corrected chi connectivity index (χ3v) is 3.53. The molecular weight excluding hydrogens is 226 g/mol. The average Bonchev–Trinajstić information content (AvgIpc) is 2.37. The maximum absolute atomic E-state index is 12.3. The molecule has 0 saturated carbocycles. The van der Waals surface area contributed by atoms with E-state index in [2.05, 4.69) is 0 Å². The summed E-state index contributed by atoms with van der Waals surface area (Å²) in [5, 5.41) is 0. The summed E-state index contributed by atoms with van der Waals surface area (Å²) < 4.78 is 0. The highest BCUT2D eigenvalue weighted by Crippen LogP contribution is 2.37. The lowest BCUT2D eigenvalue weighted by molar-refractivity contribution is -0.122. The van der Waals surface area contributed by atoms with E-state index >= 15 is 0 Å². The van der Waals surface area contributed by atoms with E-state index < -0.39 is 0 Å². The number of hydrogen-bond donors (Lipinski definition) is 0. The van der Waals surface area contributed by atoms with Gasteiger partial charge in [-0.15, -0.1) is 0 Å². The van der Waals surface area contributed by atoms with Crippen molar-refractivity contribution in [2.45, 2.75) is 39.2 Å². The zero-order chi connectivity index (χ0) is 13.3. The lowest BCUT2D eigenvalue weighted by atomic mass is 9.86. The van der Waals surface area contributed by atoms with Crippen molar-refractivity contribution in [1.29, 1.82) is 0 Å². The monoisotopic (exact) mass is 245 g/mol. The van der Waals surface area contributed by atoms with Crippen LogP contribution in [0.5, 0.6) is 0 Å². The molecule has 0 aliphatic carbocycles. The molecule has 0 spiro atoms. The van der Waals surface area contributed by atoms with Crippen LogP contribution in [-0.4, -0.2) is 18.2 Å². The Labute approximate surface area is 108 Å². The second kappa shape index (κ2) is 4.92. The van der Waals surface area contributed by atoms with Crippen molar-refractivity contribution in [1.82, 2.24) is 0 Å². The summed E-state index contributed by atoms with van der Waals surface area (Å²) in [6, 6.07) is 7.79. The molecule has 0 N–H and O–H groups in total. The molecule has 3 heteroatoms. The fourth-order valence-electron chi connectivity index (χ4n) is 2.60. The normalized spacial score (nSPS) is 22.8. The number of aldehydes is 1. The van der Waals surface area contributed by atoms with E-state index in [-0.39, 0.29) is 23.8 Å². The number of hydrogen-bond acceptors (Lipinski definition) is 2. The van der Waals surface area contributed by atoms with Crippen LogP contribution in [0.3, 0.4) is 0 Å². The summed E-state index contributed by atoms with van der Waals surface area (Å²) in [5.74, 6) is -0.00000142. The number of anilines is 1. The van der Waals surface area contributed by atoms with Gasteiger partial charge in [0.25, 0.3) is 0 Å². The van der Waals surface area contributed by atoms with E-state index in [0.717, 1.165) is 17.5 Å². The molecule has 96 valence electrons. The highest BCUT2D eigenvalue weighted by molar-refractivity contribution is 5.97. The lowest BCUT2D eigenvalue weighted by Gasteiger charge is -2.38. The second-order valence-corrected chi connectivity index (χ2v) is 5.25. The number of nitrogens with zero attached hydrogens (tertiary/aromatic N) is 1. The van der Waals surface area contributed by atoms with E-state index in [1.165, 1.54) is 0 Å². The van der Waals surface area contributed by atoms with E-state index in [1.807, 2.05) is 49.9 Å². The van der Waals surface area contributed by atoms with Crippen molar-refractivity contribution in [3.8, 4) is 0 Å². The molecule has 1 aromatic carbocycles. The van der Waals surface area contributed by atoms with Gasteiger partial charge in [-0.3, -0.25) is 4.79 Å². The van der Waals surface area contributed by atoms with Crippen molar-refractivity contribution in [2.24, 2.45) is 5.92 Å². The van der Waals surface area contributed by atoms with Crippen LogP contribution in [0.25, 0.3) is 0 Å². The van der Waals surface area contributed by atoms with Crippen molar-refractivity contribution in [3.05, 3.63) is 29.8 Å². The van der Waals surface area contributed by atoms with Gasteiger partial charge in [-0.25, -0.2) is 0 Å². The van der Waals surface area contributed by atoms with Crippen LogP contribution in [0, 0.1) is 5.92 Å². The van der Waals surface area contributed by atoms with E-state index in [0.29, 0.717) is 6.42 Å². The molecule has 1 aliphatic rings. The molecule has 0 bridgehead atoms. The third kappa shape index (κ3) is 2.05. The Balaban J connectivity index is 2.49. The number of rotatable bonds is 2. The fraction of sp³-hybridized carbons (Fsp3) is 0.467. The van der Waals surface area contributed by atoms with Gasteiger partial charge in [-0.2, -0.15) is 0 Å². The Morgan fingerprint density at radius 2 is 2.06 bits per heavy atom. The van der Waals surface area contributed by atoms with E-state index in [9.17, 15) is 9.59 Å². The van der Waals surface area contributed by atoms with Crippen LogP contribution in [-0.2, 0) is 9.59 Å². The quantitative estimate of drug-likeness (QED) is 0.751. The smallest absolute Gasteiger partial charge is 0.229 e. The summed E-state index contributed by atoms with van der Waals surface area (Å²) >= 11 is 0. The van der Waals surface area contributed by atoms with Crippen LogP contribution in [0.1, 0.15) is 38.7 Å². The molecule has 18 heavy (non-hydrogen) atoms. The van der Waals surface area contributed by atoms with Crippen LogP contribution in [0.2, 0.25) is 0 Å². The number of carbonyl (C=O) groups is 2. The van der Waals surface area contributed by atoms with Gasteiger partial charge in [-0.1, -0.05) is 32.0 Å². The zero-order valence-electron chi connectivity index (χ0n) is 11.1. The van der Waals surface area contributed by atoms with Gasteiger partial charge < -0.3 is 9.69 Å². The highest BCUT2D eigenvalue weighted by Gasteiger charge is 2.33. The van der Waals surface area contributed by atoms with Crippen LogP contribution in [0.15, 0.2) is 24.3 Å². The van der Waals surface area contributed by atoms with E-state index in [4.69, 9.17) is 0 Å². The Morgan fingerprint density at radius 3 is 2.67 bits per heavy atom. The number of carbonyl (C=O) groups excluding carboxylic acids is 2. The fourth-order valence-corrected chi connectivity index (χ4v) is 2.60. The predicted octanol–water partition coefficient (Wildman–Crippen LogP) is 2.75.